The molecule has 0 spiro atoms. The molecule has 1 fully saturated rings. The molecule has 3 atom stereocenters. The van der Waals surface area contributed by atoms with Crippen molar-refractivity contribution in [3.05, 3.63) is 29.8 Å². The van der Waals surface area contributed by atoms with Gasteiger partial charge in [0.15, 0.2) is 0 Å². The Hall–Kier alpha value is -1.11. The van der Waals surface area contributed by atoms with Gasteiger partial charge in [-0.3, -0.25) is 4.21 Å². The van der Waals surface area contributed by atoms with Crippen molar-refractivity contribution in [2.24, 2.45) is 0 Å². The summed E-state index contributed by atoms with van der Waals surface area (Å²) in [4.78, 5) is 0.751. The summed E-state index contributed by atoms with van der Waals surface area (Å²) in [7, 11) is -1.24. The minimum Gasteiger partial charge on any atom is -0.376 e. The minimum absolute atomic E-state index is 0.348. The third kappa shape index (κ3) is 2.50. The predicted molar refractivity (Wildman–Crippen MR) is 73.6 cm³/mol. The molecule has 2 nitrogen and oxygen atoms in total. The minimum atomic E-state index is -1.24. The smallest absolute Gasteiger partial charge is 0.139 e. The van der Waals surface area contributed by atoms with Crippen LogP contribution >= 0.6 is 0 Å². The van der Waals surface area contributed by atoms with Crippen LogP contribution in [0.4, 0.5) is 0 Å². The molecule has 1 aromatic rings. The SMILES string of the molecule is C#C[C@@]1(O)CCCC[C@@H]1[S@@](=O)c1ccc(C)cc1. The Kier molecular flexibility index (Phi) is 3.89. The Morgan fingerprint density at radius 2 is 2.06 bits per heavy atom. The zero-order chi connectivity index (χ0) is 13.2. The molecule has 18 heavy (non-hydrogen) atoms. The first-order chi connectivity index (χ1) is 8.57. The largest absolute Gasteiger partial charge is 0.376 e. The van der Waals surface area contributed by atoms with E-state index in [9.17, 15) is 9.32 Å². The lowest BCUT2D eigenvalue weighted by Crippen LogP contribution is -2.46. The zero-order valence-corrected chi connectivity index (χ0v) is 11.4. The summed E-state index contributed by atoms with van der Waals surface area (Å²) in [6, 6.07) is 7.59. The molecule has 0 saturated heterocycles. The average molecular weight is 262 g/mol. The summed E-state index contributed by atoms with van der Waals surface area (Å²) in [6.07, 6.45) is 8.59. The molecule has 0 aromatic heterocycles. The molecule has 0 amide bonds. The van der Waals surface area contributed by atoms with E-state index in [4.69, 9.17) is 6.42 Å². The molecule has 2 rings (SSSR count). The standard InChI is InChI=1S/C15H18O2S/c1-3-15(16)11-5-4-6-14(15)18(17)13-9-7-12(2)8-10-13/h1,7-10,14,16H,4-6,11H2,2H3/t14-,15+,18-/m0/s1. The van der Waals surface area contributed by atoms with Crippen LogP contribution in [-0.2, 0) is 10.8 Å². The van der Waals surface area contributed by atoms with Crippen molar-refractivity contribution in [2.75, 3.05) is 0 Å². The first-order valence-corrected chi connectivity index (χ1v) is 7.45. The van der Waals surface area contributed by atoms with Gasteiger partial charge in [0.25, 0.3) is 0 Å². The molecule has 1 N–H and O–H groups in total. The van der Waals surface area contributed by atoms with Gasteiger partial charge in [0.05, 0.1) is 16.0 Å². The van der Waals surface area contributed by atoms with Gasteiger partial charge in [-0.25, -0.2) is 0 Å². The van der Waals surface area contributed by atoms with Crippen LogP contribution in [0.1, 0.15) is 31.2 Å². The van der Waals surface area contributed by atoms with E-state index in [1.165, 1.54) is 0 Å². The molecule has 0 unspecified atom stereocenters. The van der Waals surface area contributed by atoms with Gasteiger partial charge in [0.2, 0.25) is 0 Å². The van der Waals surface area contributed by atoms with Crippen LogP contribution < -0.4 is 0 Å². The van der Waals surface area contributed by atoms with Crippen molar-refractivity contribution < 1.29 is 9.32 Å². The van der Waals surface area contributed by atoms with E-state index in [1.54, 1.807) is 0 Å². The van der Waals surface area contributed by atoms with Gasteiger partial charge in [0.1, 0.15) is 5.60 Å². The summed E-state index contributed by atoms with van der Waals surface area (Å²) in [5, 5.41) is 10.0. The lowest BCUT2D eigenvalue weighted by atomic mass is 9.85. The quantitative estimate of drug-likeness (QED) is 0.831. The fourth-order valence-electron chi connectivity index (χ4n) is 2.41. The van der Waals surface area contributed by atoms with Crippen molar-refractivity contribution in [1.82, 2.24) is 0 Å². The van der Waals surface area contributed by atoms with Crippen LogP contribution in [0.5, 0.6) is 0 Å². The maximum Gasteiger partial charge on any atom is 0.139 e. The Bertz CT molecular complexity index is 486. The summed E-state index contributed by atoms with van der Waals surface area (Å²) in [5.41, 5.74) is -0.0832. The highest BCUT2D eigenvalue weighted by Gasteiger charge is 2.41. The zero-order valence-electron chi connectivity index (χ0n) is 10.6. The predicted octanol–water partition coefficient (Wildman–Crippen LogP) is 2.41. The molecule has 1 saturated carbocycles. The van der Waals surface area contributed by atoms with Gasteiger partial charge >= 0.3 is 0 Å². The van der Waals surface area contributed by atoms with Gasteiger partial charge in [-0.1, -0.05) is 30.0 Å². The number of aryl methyl sites for hydroxylation is 1. The highest BCUT2D eigenvalue weighted by atomic mass is 32.2. The van der Waals surface area contributed by atoms with Crippen LogP contribution in [0.2, 0.25) is 0 Å². The average Bonchev–Trinajstić information content (AvgIpc) is 2.39. The van der Waals surface area contributed by atoms with Crippen LogP contribution in [-0.4, -0.2) is 20.2 Å². The van der Waals surface area contributed by atoms with Gasteiger partial charge in [-0.05, 0) is 38.3 Å². The molecule has 1 aliphatic carbocycles. The highest BCUT2D eigenvalue weighted by molar-refractivity contribution is 7.85. The second-order valence-electron chi connectivity index (χ2n) is 4.91. The van der Waals surface area contributed by atoms with Crippen LogP contribution in [0.25, 0.3) is 0 Å². The van der Waals surface area contributed by atoms with E-state index >= 15 is 0 Å². The first-order valence-electron chi connectivity index (χ1n) is 6.24. The summed E-state index contributed by atoms with van der Waals surface area (Å²) >= 11 is 0. The van der Waals surface area contributed by atoms with Gasteiger partial charge in [0, 0.05) is 4.90 Å². The lowest BCUT2D eigenvalue weighted by molar-refractivity contribution is 0.0663. The summed E-state index contributed by atoms with van der Waals surface area (Å²) in [6.45, 7) is 1.99. The molecule has 0 bridgehead atoms. The molecule has 0 aliphatic heterocycles. The number of hydrogen-bond donors (Lipinski definition) is 1. The first kappa shape index (κ1) is 13.3. The number of rotatable bonds is 2. The molecule has 1 aliphatic rings. The number of aliphatic hydroxyl groups is 1. The van der Waals surface area contributed by atoms with E-state index in [0.29, 0.717) is 6.42 Å². The van der Waals surface area contributed by atoms with E-state index in [1.807, 2.05) is 31.2 Å². The van der Waals surface area contributed by atoms with Crippen LogP contribution in [0.3, 0.4) is 0 Å². The lowest BCUT2D eigenvalue weighted by Gasteiger charge is -2.35. The van der Waals surface area contributed by atoms with Gasteiger partial charge < -0.3 is 5.11 Å². The molecule has 0 radical (unpaired) electrons. The van der Waals surface area contributed by atoms with Gasteiger partial charge in [-0.2, -0.15) is 0 Å². The van der Waals surface area contributed by atoms with E-state index < -0.39 is 16.4 Å². The van der Waals surface area contributed by atoms with Crippen LogP contribution in [0.15, 0.2) is 29.2 Å². The number of hydrogen-bond acceptors (Lipinski definition) is 2. The molecule has 3 heteroatoms. The molecule has 1 aromatic carbocycles. The summed E-state index contributed by atoms with van der Waals surface area (Å²) in [5.74, 6) is 2.45. The van der Waals surface area contributed by atoms with Crippen molar-refractivity contribution >= 4 is 10.8 Å². The third-order valence-corrected chi connectivity index (χ3v) is 5.45. The molecule has 96 valence electrons. The number of terminal acetylenes is 1. The monoisotopic (exact) mass is 262 g/mol. The maximum atomic E-state index is 12.5. The van der Waals surface area contributed by atoms with E-state index in [0.717, 1.165) is 29.7 Å². The van der Waals surface area contributed by atoms with Crippen molar-refractivity contribution in [1.29, 1.82) is 0 Å². The van der Waals surface area contributed by atoms with Crippen molar-refractivity contribution in [3.8, 4) is 12.3 Å². The normalized spacial score (nSPS) is 29.5. The Balaban J connectivity index is 2.27. The topological polar surface area (TPSA) is 37.3 Å². The van der Waals surface area contributed by atoms with E-state index in [2.05, 4.69) is 5.92 Å². The van der Waals surface area contributed by atoms with Crippen molar-refractivity contribution in [2.45, 2.75) is 48.4 Å². The fraction of sp³-hybridized carbons (Fsp3) is 0.467. The fourth-order valence-corrected chi connectivity index (χ4v) is 4.06. The molecular formula is C15H18O2S. The van der Waals surface area contributed by atoms with Crippen molar-refractivity contribution in [3.63, 3.8) is 0 Å². The Labute approximate surface area is 111 Å². The Morgan fingerprint density at radius 1 is 1.39 bits per heavy atom. The molecular weight excluding hydrogens is 244 g/mol. The second kappa shape index (κ2) is 5.26. The maximum absolute atomic E-state index is 12.5. The highest BCUT2D eigenvalue weighted by Crippen LogP contribution is 2.33. The third-order valence-electron chi connectivity index (χ3n) is 3.57. The molecule has 0 heterocycles. The second-order valence-corrected chi connectivity index (χ2v) is 6.55. The van der Waals surface area contributed by atoms with Gasteiger partial charge in [-0.15, -0.1) is 6.42 Å². The number of benzene rings is 1. The summed E-state index contributed by atoms with van der Waals surface area (Å²) < 4.78 is 12.5. The van der Waals surface area contributed by atoms with Crippen LogP contribution in [0, 0.1) is 19.3 Å². The Morgan fingerprint density at radius 3 is 2.67 bits per heavy atom. The van der Waals surface area contributed by atoms with E-state index in [-0.39, 0.29) is 5.25 Å².